The largest absolute Gasteiger partial charge is 0.377 e. The number of ether oxygens (including phenoxy) is 1. The van der Waals surface area contributed by atoms with Crippen molar-refractivity contribution in [2.24, 2.45) is 0 Å². The Bertz CT molecular complexity index is 1450. The molecule has 0 aliphatic heterocycles. The highest BCUT2D eigenvalue weighted by molar-refractivity contribution is 6.76. The molecule has 1 aliphatic rings. The molecule has 176 valence electrons. The summed E-state index contributed by atoms with van der Waals surface area (Å²) in [6.07, 6.45) is 3.37. The molecule has 2 aromatic heterocycles. The summed E-state index contributed by atoms with van der Waals surface area (Å²) >= 11 is 0. The maximum absolute atomic E-state index is 12.4. The quantitative estimate of drug-likeness (QED) is 0.286. The number of aromatic nitrogens is 3. The highest BCUT2D eigenvalue weighted by atomic mass is 28.3. The van der Waals surface area contributed by atoms with Gasteiger partial charge in [-0.2, -0.15) is 5.26 Å². The smallest absolute Gasteiger partial charge is 0.148 e. The Morgan fingerprint density at radius 1 is 1.24 bits per heavy atom. The molecule has 4 aromatic rings. The van der Waals surface area contributed by atoms with Crippen molar-refractivity contribution in [3.63, 3.8) is 0 Å². The minimum absolute atomic E-state index is 0.318. The van der Waals surface area contributed by atoms with Gasteiger partial charge in [-0.1, -0.05) is 25.7 Å². The van der Waals surface area contributed by atoms with E-state index in [9.17, 15) is 10.4 Å². The number of aromatic amines is 1. The van der Waals surface area contributed by atoms with Crippen LogP contribution in [0.15, 0.2) is 30.5 Å². The Hall–Kier alpha value is -2.92. The fourth-order valence-corrected chi connectivity index (χ4v) is 6.06. The van der Waals surface area contributed by atoms with Crippen LogP contribution >= 0.6 is 0 Å². The van der Waals surface area contributed by atoms with Crippen molar-refractivity contribution in [3.05, 3.63) is 64.1 Å². The lowest BCUT2D eigenvalue weighted by Crippen LogP contribution is -2.35. The molecule has 0 radical (unpaired) electrons. The van der Waals surface area contributed by atoms with E-state index in [-0.39, 0.29) is 0 Å². The second-order valence-electron chi connectivity index (χ2n) is 10.8. The minimum Gasteiger partial charge on any atom is -0.377 e. The number of benzene rings is 2. The van der Waals surface area contributed by atoms with Gasteiger partial charge in [0.05, 0.1) is 22.7 Å². The number of imidazole rings is 1. The molecule has 0 saturated carbocycles. The van der Waals surface area contributed by atoms with Crippen LogP contribution in [0.2, 0.25) is 25.7 Å². The van der Waals surface area contributed by atoms with Gasteiger partial charge >= 0.3 is 0 Å². The summed E-state index contributed by atoms with van der Waals surface area (Å²) in [5, 5.41) is 22.9. The third kappa shape index (κ3) is 3.67. The first-order valence-electron chi connectivity index (χ1n) is 11.9. The number of nitriles is 1. The first kappa shape index (κ1) is 22.8. The van der Waals surface area contributed by atoms with Gasteiger partial charge in [-0.3, -0.25) is 0 Å². The van der Waals surface area contributed by atoms with Crippen LogP contribution in [0.3, 0.4) is 0 Å². The molecule has 2 heterocycles. The third-order valence-corrected chi connectivity index (χ3v) is 8.77. The van der Waals surface area contributed by atoms with Crippen molar-refractivity contribution >= 4 is 30.0 Å². The topological polar surface area (TPSA) is 86.9 Å². The van der Waals surface area contributed by atoms with Gasteiger partial charge in [0.1, 0.15) is 18.2 Å². The van der Waals surface area contributed by atoms with Gasteiger partial charge in [-0.15, -0.1) is 0 Å². The number of nitrogens with one attached hydrogen (secondary N) is 1. The minimum atomic E-state index is -1.25. The molecule has 1 unspecified atom stereocenters. The van der Waals surface area contributed by atoms with E-state index in [2.05, 4.69) is 56.8 Å². The van der Waals surface area contributed by atoms with E-state index in [1.807, 2.05) is 10.6 Å². The molecule has 2 aromatic carbocycles. The Labute approximate surface area is 201 Å². The fraction of sp³-hybridized carbons (Fsp3) is 0.407. The number of aliphatic hydroxyl groups is 1. The number of hydrogen-bond donors (Lipinski definition) is 2. The zero-order valence-electron chi connectivity index (χ0n) is 20.6. The van der Waals surface area contributed by atoms with Crippen molar-refractivity contribution < 1.29 is 9.84 Å². The fourth-order valence-electron chi connectivity index (χ4n) is 5.30. The predicted octanol–water partition coefficient (Wildman–Crippen LogP) is 5.50. The van der Waals surface area contributed by atoms with E-state index >= 15 is 0 Å². The lowest BCUT2D eigenvalue weighted by molar-refractivity contribution is 0.0379. The van der Waals surface area contributed by atoms with Gasteiger partial charge in [0.25, 0.3) is 0 Å². The normalized spacial score (nSPS) is 18.0. The molecule has 0 spiro atoms. The second kappa shape index (κ2) is 8.09. The van der Waals surface area contributed by atoms with Crippen LogP contribution in [0, 0.1) is 25.2 Å². The van der Waals surface area contributed by atoms with Crippen LogP contribution in [0.25, 0.3) is 21.9 Å². The SMILES string of the molecule is Cc1cc(C)c2[nH]cc3c2c1C(O)(c1nc2cc(C#N)ccc2n1COCC[Si](C)(C)C)CC3. The van der Waals surface area contributed by atoms with Crippen LogP contribution < -0.4 is 0 Å². The predicted molar refractivity (Wildman–Crippen MR) is 138 cm³/mol. The number of fused-ring (bicyclic) bond motifs is 1. The lowest BCUT2D eigenvalue weighted by atomic mass is 9.76. The van der Waals surface area contributed by atoms with E-state index in [1.54, 1.807) is 12.1 Å². The average molecular weight is 473 g/mol. The van der Waals surface area contributed by atoms with Crippen LogP contribution in [0.5, 0.6) is 0 Å². The van der Waals surface area contributed by atoms with Gasteiger partial charge in [0, 0.05) is 37.3 Å². The zero-order valence-corrected chi connectivity index (χ0v) is 21.6. The highest BCUT2D eigenvalue weighted by Crippen LogP contribution is 2.46. The monoisotopic (exact) mass is 472 g/mol. The summed E-state index contributed by atoms with van der Waals surface area (Å²) in [4.78, 5) is 8.35. The van der Waals surface area contributed by atoms with Crippen molar-refractivity contribution in [2.75, 3.05) is 6.61 Å². The van der Waals surface area contributed by atoms with Crippen molar-refractivity contribution in [1.29, 1.82) is 5.26 Å². The van der Waals surface area contributed by atoms with E-state index in [4.69, 9.17) is 9.72 Å². The molecule has 34 heavy (non-hydrogen) atoms. The highest BCUT2D eigenvalue weighted by Gasteiger charge is 2.43. The average Bonchev–Trinajstić information content (AvgIpc) is 3.37. The van der Waals surface area contributed by atoms with E-state index < -0.39 is 13.7 Å². The molecule has 1 aliphatic carbocycles. The summed E-state index contributed by atoms with van der Waals surface area (Å²) in [6, 6.07) is 10.9. The number of hydrogen-bond acceptors (Lipinski definition) is 4. The van der Waals surface area contributed by atoms with Crippen LogP contribution in [-0.4, -0.2) is 34.3 Å². The molecular weight excluding hydrogens is 440 g/mol. The molecule has 0 amide bonds. The number of nitrogens with zero attached hydrogens (tertiary/aromatic N) is 3. The molecule has 7 heteroatoms. The third-order valence-electron chi connectivity index (χ3n) is 7.07. The number of aryl methyl sites for hydroxylation is 3. The second-order valence-corrected chi connectivity index (χ2v) is 16.5. The van der Waals surface area contributed by atoms with Crippen LogP contribution in [0.1, 0.15) is 40.1 Å². The molecule has 0 bridgehead atoms. The van der Waals surface area contributed by atoms with E-state index in [0.717, 1.165) is 40.0 Å². The Kier molecular flexibility index (Phi) is 5.43. The van der Waals surface area contributed by atoms with E-state index in [0.29, 0.717) is 36.7 Å². The van der Waals surface area contributed by atoms with Gasteiger partial charge in [-0.05, 0) is 67.6 Å². The van der Waals surface area contributed by atoms with Gasteiger partial charge < -0.3 is 19.4 Å². The molecule has 1 atom stereocenters. The van der Waals surface area contributed by atoms with Crippen molar-refractivity contribution in [2.45, 2.75) is 64.7 Å². The van der Waals surface area contributed by atoms with Crippen molar-refractivity contribution in [3.8, 4) is 6.07 Å². The maximum Gasteiger partial charge on any atom is 0.148 e. The summed E-state index contributed by atoms with van der Waals surface area (Å²) in [6.45, 7) is 12.2. The van der Waals surface area contributed by atoms with Crippen molar-refractivity contribution in [1.82, 2.24) is 14.5 Å². The summed E-state index contributed by atoms with van der Waals surface area (Å²) in [5.74, 6) is 0.589. The van der Waals surface area contributed by atoms with Crippen LogP contribution in [-0.2, 0) is 23.5 Å². The standard InChI is InChI=1S/C27H32N4O2Si/c1-17-12-18(2)25-23-20(15-29-25)8-9-27(32,24(17)23)26-30-21-13-19(14-28)6-7-22(21)31(26)16-33-10-11-34(3,4)5/h6-7,12-13,15,29,32H,8-11,16H2,1-5H3. The molecule has 0 fully saturated rings. The number of H-pyrrole nitrogens is 1. The maximum atomic E-state index is 12.4. The van der Waals surface area contributed by atoms with Gasteiger partial charge in [0.2, 0.25) is 0 Å². The zero-order chi connectivity index (χ0) is 24.3. The number of rotatable bonds is 6. The molecular formula is C27H32N4O2Si. The molecule has 5 rings (SSSR count). The molecule has 0 saturated heterocycles. The van der Waals surface area contributed by atoms with Gasteiger partial charge in [-0.25, -0.2) is 4.98 Å². The summed E-state index contributed by atoms with van der Waals surface area (Å²) in [5.41, 5.74) is 6.36. The Morgan fingerprint density at radius 3 is 2.76 bits per heavy atom. The first-order valence-corrected chi connectivity index (χ1v) is 15.6. The molecule has 2 N–H and O–H groups in total. The first-order chi connectivity index (χ1) is 16.1. The Morgan fingerprint density at radius 2 is 2.03 bits per heavy atom. The van der Waals surface area contributed by atoms with Crippen LogP contribution in [0.4, 0.5) is 0 Å². The summed E-state index contributed by atoms with van der Waals surface area (Å²) in [7, 11) is -1.22. The van der Waals surface area contributed by atoms with E-state index in [1.165, 1.54) is 11.1 Å². The summed E-state index contributed by atoms with van der Waals surface area (Å²) < 4.78 is 8.15. The van der Waals surface area contributed by atoms with Gasteiger partial charge in [0.15, 0.2) is 0 Å². The lowest BCUT2D eigenvalue weighted by Gasteiger charge is -2.34. The molecule has 6 nitrogen and oxygen atoms in total. The Balaban J connectivity index is 1.67.